The Morgan fingerprint density at radius 1 is 0.633 bits per heavy atom. The fraction of sp³-hybridized carbons (Fsp3) is 0.600. The van der Waals surface area contributed by atoms with E-state index < -0.39 is 11.9 Å². The van der Waals surface area contributed by atoms with Crippen molar-refractivity contribution in [3.05, 3.63) is 34.4 Å². The van der Waals surface area contributed by atoms with Crippen molar-refractivity contribution in [2.24, 2.45) is 0 Å². The van der Waals surface area contributed by atoms with Gasteiger partial charge in [-0.2, -0.15) is 0 Å². The molecule has 0 radical (unpaired) electrons. The van der Waals surface area contributed by atoms with Crippen LogP contribution >= 0.6 is 0 Å². The van der Waals surface area contributed by atoms with Crippen LogP contribution in [-0.4, -0.2) is 85.2 Å². The SMILES string of the molecule is O=C(O)c1cc(C(=O)O)c(COCCCOCCO)cc1COCCCOCCO. The maximum atomic E-state index is 11.5. The van der Waals surface area contributed by atoms with E-state index in [9.17, 15) is 19.8 Å². The summed E-state index contributed by atoms with van der Waals surface area (Å²) in [6.45, 7) is 1.85. The molecule has 1 aromatic rings. The fourth-order valence-electron chi connectivity index (χ4n) is 2.56. The summed E-state index contributed by atoms with van der Waals surface area (Å²) >= 11 is 0. The van der Waals surface area contributed by atoms with Crippen LogP contribution in [0.4, 0.5) is 0 Å². The van der Waals surface area contributed by atoms with E-state index in [1.165, 1.54) is 6.07 Å². The quantitative estimate of drug-likeness (QED) is 0.247. The maximum absolute atomic E-state index is 11.5. The number of hydrogen-bond donors (Lipinski definition) is 4. The van der Waals surface area contributed by atoms with Gasteiger partial charge in [0.1, 0.15) is 0 Å². The Labute approximate surface area is 174 Å². The summed E-state index contributed by atoms with van der Waals surface area (Å²) in [7, 11) is 0. The maximum Gasteiger partial charge on any atom is 0.336 e. The number of rotatable bonds is 18. The molecule has 0 saturated heterocycles. The highest BCUT2D eigenvalue weighted by Crippen LogP contribution is 2.20. The standard InChI is InChI=1S/C20H30O10/c21-3-9-27-5-1-7-29-13-15-11-16(14-30-8-2-6-28-10-4-22)18(20(25)26)12-17(15)19(23)24/h11-12,21-22H,1-10,13-14H2,(H,23,24)(H,25,26). The lowest BCUT2D eigenvalue weighted by atomic mass is 9.98. The van der Waals surface area contributed by atoms with Gasteiger partial charge >= 0.3 is 11.9 Å². The molecule has 0 atom stereocenters. The molecule has 0 spiro atoms. The summed E-state index contributed by atoms with van der Waals surface area (Å²) in [6, 6.07) is 2.61. The molecule has 0 unspecified atom stereocenters. The van der Waals surface area contributed by atoms with Gasteiger partial charge < -0.3 is 39.4 Å². The van der Waals surface area contributed by atoms with Crippen molar-refractivity contribution in [2.45, 2.75) is 26.1 Å². The third kappa shape index (κ3) is 10.1. The number of aromatic carboxylic acids is 2. The van der Waals surface area contributed by atoms with Crippen molar-refractivity contribution in [1.29, 1.82) is 0 Å². The van der Waals surface area contributed by atoms with Gasteiger partial charge in [0.25, 0.3) is 0 Å². The van der Waals surface area contributed by atoms with Crippen LogP contribution in [0.2, 0.25) is 0 Å². The Balaban J connectivity index is 2.70. The van der Waals surface area contributed by atoms with E-state index in [0.717, 1.165) is 6.07 Å². The highest BCUT2D eigenvalue weighted by molar-refractivity contribution is 5.96. The third-order valence-corrected chi connectivity index (χ3v) is 3.93. The normalized spacial score (nSPS) is 11.0. The highest BCUT2D eigenvalue weighted by Gasteiger charge is 2.19. The van der Waals surface area contributed by atoms with Gasteiger partial charge in [0.05, 0.1) is 50.8 Å². The van der Waals surface area contributed by atoms with E-state index in [1.807, 2.05) is 0 Å². The number of aliphatic hydroxyl groups is 2. The van der Waals surface area contributed by atoms with Crippen molar-refractivity contribution >= 4 is 11.9 Å². The largest absolute Gasteiger partial charge is 0.478 e. The molecule has 10 heteroatoms. The Morgan fingerprint density at radius 2 is 1.03 bits per heavy atom. The molecule has 0 aliphatic carbocycles. The third-order valence-electron chi connectivity index (χ3n) is 3.93. The lowest BCUT2D eigenvalue weighted by Gasteiger charge is -2.13. The molecule has 0 bridgehead atoms. The minimum Gasteiger partial charge on any atom is -0.478 e. The van der Waals surface area contributed by atoms with Gasteiger partial charge in [0, 0.05) is 26.4 Å². The summed E-state index contributed by atoms with van der Waals surface area (Å²) in [4.78, 5) is 23.1. The molecule has 0 aromatic heterocycles. The zero-order chi connectivity index (χ0) is 22.2. The van der Waals surface area contributed by atoms with E-state index in [2.05, 4.69) is 0 Å². The first-order valence-corrected chi connectivity index (χ1v) is 9.66. The molecule has 0 aliphatic rings. The number of carboxylic acids is 2. The Morgan fingerprint density at radius 3 is 1.40 bits per heavy atom. The van der Waals surface area contributed by atoms with E-state index in [0.29, 0.717) is 50.4 Å². The van der Waals surface area contributed by atoms with Gasteiger partial charge in [-0.25, -0.2) is 9.59 Å². The first-order chi connectivity index (χ1) is 14.5. The minimum absolute atomic E-state index is 0.00350. The molecule has 0 aliphatic heterocycles. The van der Waals surface area contributed by atoms with Gasteiger partial charge in [-0.1, -0.05) is 0 Å². The van der Waals surface area contributed by atoms with Crippen LogP contribution in [0, 0.1) is 0 Å². The number of aliphatic hydroxyl groups excluding tert-OH is 2. The average Bonchev–Trinajstić information content (AvgIpc) is 2.72. The lowest BCUT2D eigenvalue weighted by molar-refractivity contribution is 0.0564. The number of benzene rings is 1. The van der Waals surface area contributed by atoms with Gasteiger partial charge in [-0.05, 0) is 36.1 Å². The average molecular weight is 430 g/mol. The van der Waals surface area contributed by atoms with Crippen LogP contribution in [0.5, 0.6) is 0 Å². The highest BCUT2D eigenvalue weighted by atomic mass is 16.5. The molecular weight excluding hydrogens is 400 g/mol. The molecule has 0 saturated carbocycles. The van der Waals surface area contributed by atoms with Gasteiger partial charge in [0.2, 0.25) is 0 Å². The van der Waals surface area contributed by atoms with Crippen LogP contribution in [0.3, 0.4) is 0 Å². The van der Waals surface area contributed by atoms with Crippen LogP contribution in [-0.2, 0) is 32.2 Å². The first-order valence-electron chi connectivity index (χ1n) is 9.66. The van der Waals surface area contributed by atoms with E-state index in [-0.39, 0.29) is 50.8 Å². The van der Waals surface area contributed by atoms with Crippen LogP contribution in [0.1, 0.15) is 44.7 Å². The lowest BCUT2D eigenvalue weighted by Crippen LogP contribution is -2.13. The predicted octanol–water partition coefficient (Wildman–Crippen LogP) is 0.914. The molecule has 1 rings (SSSR count). The second-order valence-corrected chi connectivity index (χ2v) is 6.26. The summed E-state index contributed by atoms with van der Waals surface area (Å²) in [5, 5.41) is 36.1. The monoisotopic (exact) mass is 430 g/mol. The van der Waals surface area contributed by atoms with Gasteiger partial charge in [-0.3, -0.25) is 0 Å². The topological polar surface area (TPSA) is 152 Å². The van der Waals surface area contributed by atoms with Crippen molar-refractivity contribution in [2.75, 3.05) is 52.9 Å². The van der Waals surface area contributed by atoms with Crippen molar-refractivity contribution in [1.82, 2.24) is 0 Å². The van der Waals surface area contributed by atoms with Crippen molar-refractivity contribution in [3.8, 4) is 0 Å². The molecule has 4 N–H and O–H groups in total. The van der Waals surface area contributed by atoms with E-state index >= 15 is 0 Å². The smallest absolute Gasteiger partial charge is 0.336 e. The molecule has 0 fully saturated rings. The zero-order valence-electron chi connectivity index (χ0n) is 16.9. The Hall–Kier alpha value is -2.08. The molecule has 170 valence electrons. The van der Waals surface area contributed by atoms with Gasteiger partial charge in [-0.15, -0.1) is 0 Å². The first kappa shape index (κ1) is 26.0. The zero-order valence-corrected chi connectivity index (χ0v) is 16.9. The second-order valence-electron chi connectivity index (χ2n) is 6.26. The second kappa shape index (κ2) is 15.7. The number of hydrogen-bond acceptors (Lipinski definition) is 8. The fourth-order valence-corrected chi connectivity index (χ4v) is 2.56. The number of carboxylic acid groups (broad SMARTS) is 2. The van der Waals surface area contributed by atoms with Gasteiger partial charge in [0.15, 0.2) is 0 Å². The molecule has 0 amide bonds. The van der Waals surface area contributed by atoms with Crippen LogP contribution in [0.25, 0.3) is 0 Å². The minimum atomic E-state index is -1.24. The predicted molar refractivity (Wildman–Crippen MR) is 105 cm³/mol. The molecule has 0 heterocycles. The van der Waals surface area contributed by atoms with Crippen molar-refractivity contribution in [3.63, 3.8) is 0 Å². The molecule has 10 nitrogen and oxygen atoms in total. The summed E-state index contributed by atoms with van der Waals surface area (Å²) < 4.78 is 21.2. The van der Waals surface area contributed by atoms with E-state index in [1.54, 1.807) is 0 Å². The van der Waals surface area contributed by atoms with Crippen LogP contribution < -0.4 is 0 Å². The Kier molecular flexibility index (Phi) is 13.6. The molecule has 30 heavy (non-hydrogen) atoms. The van der Waals surface area contributed by atoms with E-state index in [4.69, 9.17) is 29.2 Å². The summed E-state index contributed by atoms with van der Waals surface area (Å²) in [5.74, 6) is -2.48. The summed E-state index contributed by atoms with van der Waals surface area (Å²) in [6.07, 6.45) is 1.15. The Bertz CT molecular complexity index is 595. The number of carbonyl (C=O) groups is 2. The summed E-state index contributed by atoms with van der Waals surface area (Å²) in [5.41, 5.74) is 0.442. The molecule has 1 aromatic carbocycles. The van der Waals surface area contributed by atoms with Crippen molar-refractivity contribution < 1.29 is 49.0 Å². The number of ether oxygens (including phenoxy) is 4. The molecular formula is C20H30O10. The van der Waals surface area contributed by atoms with Crippen LogP contribution in [0.15, 0.2) is 12.1 Å².